The molecule has 0 bridgehead atoms. The summed E-state index contributed by atoms with van der Waals surface area (Å²) in [4.78, 5) is 55.4. The molecule has 6 rings (SSSR count). The number of fused-ring (bicyclic) bond motifs is 5. The molecule has 3 aliphatic heterocycles. The number of hydrogen-bond donors (Lipinski definition) is 0. The first-order valence-corrected chi connectivity index (χ1v) is 11.2. The van der Waals surface area contributed by atoms with Crippen LogP contribution in [0.5, 0.6) is 5.75 Å². The lowest BCUT2D eigenvalue weighted by atomic mass is 9.84. The van der Waals surface area contributed by atoms with E-state index in [0.29, 0.717) is 11.4 Å². The van der Waals surface area contributed by atoms with E-state index in [4.69, 9.17) is 9.15 Å². The minimum absolute atomic E-state index is 0.145. The molecule has 8 heteroatoms. The van der Waals surface area contributed by atoms with Gasteiger partial charge in [-0.3, -0.25) is 19.2 Å². The zero-order valence-electron chi connectivity index (χ0n) is 18.7. The van der Waals surface area contributed by atoms with Crippen molar-refractivity contribution >= 4 is 35.3 Å². The fourth-order valence-corrected chi connectivity index (χ4v) is 5.51. The minimum Gasteiger partial charge on any atom is -0.461 e. The number of hydrogen-bond acceptors (Lipinski definition) is 7. The summed E-state index contributed by atoms with van der Waals surface area (Å²) in [6.45, 7) is 1.29. The number of benzene rings is 2. The Balaban J connectivity index is 1.44. The second-order valence-electron chi connectivity index (χ2n) is 8.77. The molecule has 2 saturated heterocycles. The molecule has 4 heterocycles. The molecule has 0 saturated carbocycles. The molecule has 4 atom stereocenters. The van der Waals surface area contributed by atoms with Gasteiger partial charge in [0.25, 0.3) is 0 Å². The van der Waals surface area contributed by atoms with Crippen molar-refractivity contribution in [1.82, 2.24) is 4.90 Å². The molecular weight excluding hydrogens is 448 g/mol. The molecule has 2 aromatic carbocycles. The Morgan fingerprint density at radius 2 is 1.66 bits per heavy atom. The van der Waals surface area contributed by atoms with E-state index in [1.807, 2.05) is 35.2 Å². The summed E-state index contributed by atoms with van der Waals surface area (Å²) in [5.41, 5.74) is 2.21. The molecule has 0 aliphatic carbocycles. The van der Waals surface area contributed by atoms with Crippen LogP contribution in [0.4, 0.5) is 5.69 Å². The van der Waals surface area contributed by atoms with Gasteiger partial charge in [-0.1, -0.05) is 24.3 Å². The third-order valence-corrected chi connectivity index (χ3v) is 6.85. The molecule has 1 unspecified atom stereocenters. The Hall–Kier alpha value is -4.46. The quantitative estimate of drug-likeness (QED) is 0.250. The van der Waals surface area contributed by atoms with Gasteiger partial charge in [-0.05, 0) is 53.6 Å². The molecular formula is C27H20N2O6. The Kier molecular flexibility index (Phi) is 4.70. The first-order valence-electron chi connectivity index (χ1n) is 11.2. The van der Waals surface area contributed by atoms with E-state index in [9.17, 15) is 19.2 Å². The van der Waals surface area contributed by atoms with E-state index in [1.54, 1.807) is 30.5 Å². The topological polar surface area (TPSA) is 97.1 Å². The smallest absolute Gasteiger partial charge is 0.308 e. The molecule has 35 heavy (non-hydrogen) atoms. The summed E-state index contributed by atoms with van der Waals surface area (Å²) < 4.78 is 10.4. The number of nitrogens with zero attached hydrogens (tertiary/aromatic N) is 2. The van der Waals surface area contributed by atoms with Gasteiger partial charge in [-0.15, -0.1) is 0 Å². The van der Waals surface area contributed by atoms with E-state index in [1.165, 1.54) is 25.3 Å². The molecule has 174 valence electrons. The lowest BCUT2D eigenvalue weighted by Gasteiger charge is -2.35. The van der Waals surface area contributed by atoms with Crippen molar-refractivity contribution in [1.29, 1.82) is 0 Å². The molecule has 8 nitrogen and oxygen atoms in total. The highest BCUT2D eigenvalue weighted by Gasteiger charge is 2.64. The maximum atomic E-state index is 13.8. The Labute approximate surface area is 200 Å². The van der Waals surface area contributed by atoms with Crippen LogP contribution in [0.15, 0.2) is 77.5 Å². The SMILES string of the molecule is CC(=O)Oc1ccc(N2C(=O)[C@@H]3[C@H](C2=O)C2c4ccccc4C=CN2[C@@H]3C(=O)c2ccco2)cc1. The Morgan fingerprint density at radius 1 is 0.914 bits per heavy atom. The van der Waals surface area contributed by atoms with Crippen molar-refractivity contribution in [2.24, 2.45) is 11.8 Å². The number of rotatable bonds is 4. The van der Waals surface area contributed by atoms with E-state index in [2.05, 4.69) is 0 Å². The summed E-state index contributed by atoms with van der Waals surface area (Å²) >= 11 is 0. The van der Waals surface area contributed by atoms with Gasteiger partial charge in [-0.2, -0.15) is 0 Å². The number of carbonyl (C=O) groups excluding carboxylic acids is 4. The van der Waals surface area contributed by atoms with Crippen LogP contribution in [-0.4, -0.2) is 34.5 Å². The van der Waals surface area contributed by atoms with Crippen LogP contribution in [0, 0.1) is 11.8 Å². The number of imide groups is 1. The molecule has 2 amide bonds. The largest absolute Gasteiger partial charge is 0.461 e. The highest BCUT2D eigenvalue weighted by Crippen LogP contribution is 2.53. The van der Waals surface area contributed by atoms with Crippen LogP contribution >= 0.6 is 0 Å². The predicted octanol–water partition coefficient (Wildman–Crippen LogP) is 3.60. The first-order chi connectivity index (χ1) is 17.0. The maximum Gasteiger partial charge on any atom is 0.308 e. The molecule has 1 aromatic heterocycles. The van der Waals surface area contributed by atoms with Crippen molar-refractivity contribution in [2.75, 3.05) is 4.90 Å². The van der Waals surface area contributed by atoms with Crippen LogP contribution in [0.1, 0.15) is 34.6 Å². The number of furan rings is 1. The number of amides is 2. The average molecular weight is 468 g/mol. The van der Waals surface area contributed by atoms with Crippen molar-refractivity contribution in [2.45, 2.75) is 19.0 Å². The van der Waals surface area contributed by atoms with Gasteiger partial charge in [0.15, 0.2) is 5.76 Å². The van der Waals surface area contributed by atoms with Crippen molar-refractivity contribution in [3.05, 3.63) is 90.0 Å². The zero-order valence-corrected chi connectivity index (χ0v) is 18.7. The zero-order chi connectivity index (χ0) is 24.3. The third kappa shape index (κ3) is 3.13. The van der Waals surface area contributed by atoms with Crippen molar-refractivity contribution in [3.63, 3.8) is 0 Å². The van der Waals surface area contributed by atoms with Crippen molar-refractivity contribution < 1.29 is 28.3 Å². The fourth-order valence-electron chi connectivity index (χ4n) is 5.51. The predicted molar refractivity (Wildman–Crippen MR) is 124 cm³/mol. The highest BCUT2D eigenvalue weighted by atomic mass is 16.5. The summed E-state index contributed by atoms with van der Waals surface area (Å²) in [6.07, 6.45) is 5.11. The average Bonchev–Trinajstić information content (AvgIpc) is 3.56. The van der Waals surface area contributed by atoms with Crippen LogP contribution in [0.25, 0.3) is 6.08 Å². The van der Waals surface area contributed by atoms with Gasteiger partial charge in [0, 0.05) is 13.1 Å². The molecule has 0 radical (unpaired) electrons. The lowest BCUT2D eigenvalue weighted by Crippen LogP contribution is -2.44. The van der Waals surface area contributed by atoms with Crippen LogP contribution in [0.3, 0.4) is 0 Å². The Morgan fingerprint density at radius 3 is 2.37 bits per heavy atom. The number of Topliss-reactive ketones (excluding diaryl/α,β-unsaturated/α-hetero) is 1. The molecule has 0 N–H and O–H groups in total. The van der Waals surface area contributed by atoms with Crippen molar-refractivity contribution in [3.8, 4) is 5.75 Å². The van der Waals surface area contributed by atoms with Gasteiger partial charge < -0.3 is 14.1 Å². The number of ether oxygens (including phenoxy) is 1. The number of esters is 1. The maximum absolute atomic E-state index is 13.8. The number of carbonyl (C=O) groups is 4. The number of ketones is 1. The molecule has 3 aromatic rings. The van der Waals surface area contributed by atoms with Gasteiger partial charge in [0.05, 0.1) is 29.8 Å². The van der Waals surface area contributed by atoms with Crippen LogP contribution in [-0.2, 0) is 14.4 Å². The Bertz CT molecular complexity index is 1390. The van der Waals surface area contributed by atoms with Gasteiger partial charge in [-0.25, -0.2) is 4.90 Å². The molecule has 3 aliphatic rings. The number of anilines is 1. The molecule has 2 fully saturated rings. The molecule has 0 spiro atoms. The fraction of sp³-hybridized carbons (Fsp3) is 0.185. The summed E-state index contributed by atoms with van der Waals surface area (Å²) in [5.74, 6) is -2.79. The minimum atomic E-state index is -0.887. The van der Waals surface area contributed by atoms with E-state index < -0.39 is 35.8 Å². The van der Waals surface area contributed by atoms with Gasteiger partial charge >= 0.3 is 5.97 Å². The van der Waals surface area contributed by atoms with E-state index in [-0.39, 0.29) is 17.5 Å². The lowest BCUT2D eigenvalue weighted by molar-refractivity contribution is -0.132. The van der Waals surface area contributed by atoms with E-state index >= 15 is 0 Å². The van der Waals surface area contributed by atoms with Gasteiger partial charge in [0.1, 0.15) is 11.8 Å². The monoisotopic (exact) mass is 468 g/mol. The van der Waals surface area contributed by atoms with Crippen LogP contribution < -0.4 is 9.64 Å². The summed E-state index contributed by atoms with van der Waals surface area (Å²) in [5, 5.41) is 0. The highest BCUT2D eigenvalue weighted by molar-refractivity contribution is 6.24. The summed E-state index contributed by atoms with van der Waals surface area (Å²) in [6, 6.07) is 15.7. The van der Waals surface area contributed by atoms with E-state index in [0.717, 1.165) is 16.0 Å². The summed E-state index contributed by atoms with van der Waals surface area (Å²) in [7, 11) is 0. The normalized spacial score (nSPS) is 24.3. The first kappa shape index (κ1) is 21.1. The second kappa shape index (κ2) is 7.80. The second-order valence-corrected chi connectivity index (χ2v) is 8.77. The third-order valence-electron chi connectivity index (χ3n) is 6.85. The van der Waals surface area contributed by atoms with Crippen LogP contribution in [0.2, 0.25) is 0 Å². The standard InChI is InChI=1S/C27H20N2O6/c1-15(30)35-18-10-8-17(9-11-18)29-26(32)21-22(27(29)33)24(25(31)20-7-4-14-34-20)28-13-12-16-5-2-3-6-19(16)23(21)28/h2-14,21-24H,1H3/t21-,22+,23?,24-/m0/s1. The van der Waals surface area contributed by atoms with Gasteiger partial charge in [0.2, 0.25) is 17.6 Å².